The first-order valence-electron chi connectivity index (χ1n) is 7.82. The molecule has 0 aliphatic carbocycles. The molecule has 24 heavy (non-hydrogen) atoms. The van der Waals surface area contributed by atoms with E-state index in [1.807, 2.05) is 20.9 Å². The lowest BCUT2D eigenvalue weighted by molar-refractivity contribution is 0.0657. The lowest BCUT2D eigenvalue weighted by Crippen LogP contribution is -2.47. The van der Waals surface area contributed by atoms with Crippen LogP contribution in [0.25, 0.3) is 16.2 Å². The second-order valence-corrected chi connectivity index (χ2v) is 6.84. The molecule has 1 amide bonds. The van der Waals surface area contributed by atoms with Crippen LogP contribution in [0.2, 0.25) is 0 Å². The molecule has 0 spiro atoms. The molecule has 2 aromatic heterocycles. The van der Waals surface area contributed by atoms with Gasteiger partial charge in [-0.2, -0.15) is 0 Å². The summed E-state index contributed by atoms with van der Waals surface area (Å²) in [6.45, 7) is 3.27. The molecule has 5 nitrogen and oxygen atoms in total. The zero-order valence-corrected chi connectivity index (χ0v) is 14.1. The Morgan fingerprint density at radius 3 is 2.58 bits per heavy atom. The number of fused-ring (bicyclic) bond motifs is 1. The molecule has 3 heterocycles. The van der Waals surface area contributed by atoms with E-state index in [1.165, 1.54) is 23.5 Å². The summed E-state index contributed by atoms with van der Waals surface area (Å²) in [5, 5.41) is 1.86. The average Bonchev–Trinajstić information content (AvgIpc) is 3.16. The van der Waals surface area contributed by atoms with Gasteiger partial charge in [0, 0.05) is 43.3 Å². The van der Waals surface area contributed by atoms with Crippen molar-refractivity contribution in [2.75, 3.05) is 33.2 Å². The number of carbonyl (C=O) groups is 1. The van der Waals surface area contributed by atoms with Gasteiger partial charge < -0.3 is 9.80 Å². The van der Waals surface area contributed by atoms with Gasteiger partial charge in [0.2, 0.25) is 0 Å². The van der Waals surface area contributed by atoms with Crippen molar-refractivity contribution in [2.24, 2.45) is 0 Å². The van der Waals surface area contributed by atoms with Crippen molar-refractivity contribution in [3.63, 3.8) is 0 Å². The van der Waals surface area contributed by atoms with Gasteiger partial charge in [-0.25, -0.2) is 9.37 Å². The van der Waals surface area contributed by atoms with E-state index in [9.17, 15) is 9.18 Å². The number of rotatable bonds is 2. The molecule has 0 N–H and O–H groups in total. The number of nitrogens with zero attached hydrogens (tertiary/aromatic N) is 4. The lowest BCUT2D eigenvalue weighted by atomic mass is 10.2. The van der Waals surface area contributed by atoms with Crippen molar-refractivity contribution < 1.29 is 9.18 Å². The third kappa shape index (κ3) is 2.70. The van der Waals surface area contributed by atoms with Gasteiger partial charge in [0.05, 0.1) is 5.69 Å². The highest BCUT2D eigenvalue weighted by Gasteiger charge is 2.23. The summed E-state index contributed by atoms with van der Waals surface area (Å²) in [4.78, 5) is 22.2. The summed E-state index contributed by atoms with van der Waals surface area (Å²) in [5.41, 5.74) is 2.22. The van der Waals surface area contributed by atoms with Crippen LogP contribution in [-0.2, 0) is 0 Å². The first-order valence-corrected chi connectivity index (χ1v) is 8.70. The average molecular weight is 344 g/mol. The van der Waals surface area contributed by atoms with Crippen LogP contribution in [0.5, 0.6) is 0 Å². The van der Waals surface area contributed by atoms with Crippen molar-refractivity contribution in [3.8, 4) is 11.3 Å². The number of imidazole rings is 1. The normalized spacial score (nSPS) is 16.0. The number of carbonyl (C=O) groups excluding carboxylic acids is 1. The van der Waals surface area contributed by atoms with Crippen LogP contribution in [0.3, 0.4) is 0 Å². The van der Waals surface area contributed by atoms with E-state index in [-0.39, 0.29) is 11.7 Å². The molecule has 1 aromatic carbocycles. The molecular weight excluding hydrogens is 327 g/mol. The molecule has 0 atom stereocenters. The molecule has 0 saturated carbocycles. The minimum absolute atomic E-state index is 0.0393. The van der Waals surface area contributed by atoms with Gasteiger partial charge in [-0.1, -0.05) is 0 Å². The van der Waals surface area contributed by atoms with Gasteiger partial charge in [0.1, 0.15) is 11.5 Å². The Hall–Kier alpha value is -2.25. The van der Waals surface area contributed by atoms with Gasteiger partial charge in [0.25, 0.3) is 5.91 Å². The van der Waals surface area contributed by atoms with Crippen LogP contribution in [0, 0.1) is 5.82 Å². The SMILES string of the molecule is CN1CCN(C(=O)c2csc3nc(-c4ccc(F)cc4)cn23)CC1. The highest BCUT2D eigenvalue weighted by Crippen LogP contribution is 2.24. The number of thiazole rings is 1. The standard InChI is InChI=1S/C17H17FN4OS/c1-20-6-8-21(9-7-20)16(23)15-11-24-17-19-14(10-22(15)17)12-2-4-13(18)5-3-12/h2-5,10-11H,6-9H2,1H3. The predicted molar refractivity (Wildman–Crippen MR) is 91.9 cm³/mol. The van der Waals surface area contributed by atoms with Gasteiger partial charge in [-0.15, -0.1) is 11.3 Å². The second kappa shape index (κ2) is 5.99. The van der Waals surface area contributed by atoms with Crippen LogP contribution in [0.15, 0.2) is 35.8 Å². The van der Waals surface area contributed by atoms with E-state index in [2.05, 4.69) is 16.9 Å². The van der Waals surface area contributed by atoms with Crippen LogP contribution in [-0.4, -0.2) is 58.3 Å². The Balaban J connectivity index is 1.65. The van der Waals surface area contributed by atoms with Crippen molar-refractivity contribution >= 4 is 22.2 Å². The summed E-state index contributed by atoms with van der Waals surface area (Å²) in [5.74, 6) is -0.233. The van der Waals surface area contributed by atoms with Crippen molar-refractivity contribution in [2.45, 2.75) is 0 Å². The molecule has 0 radical (unpaired) electrons. The molecule has 124 valence electrons. The molecule has 1 aliphatic rings. The first-order chi connectivity index (χ1) is 11.6. The van der Waals surface area contributed by atoms with E-state index >= 15 is 0 Å². The molecule has 1 fully saturated rings. The van der Waals surface area contributed by atoms with E-state index in [4.69, 9.17) is 0 Å². The van der Waals surface area contributed by atoms with Crippen LogP contribution in [0.1, 0.15) is 10.5 Å². The molecule has 1 saturated heterocycles. The number of aromatic nitrogens is 2. The number of likely N-dealkylation sites (N-methyl/N-ethyl adjacent to an activating group) is 1. The number of hydrogen-bond donors (Lipinski definition) is 0. The number of halogens is 1. The summed E-state index contributed by atoms with van der Waals surface area (Å²) < 4.78 is 14.9. The topological polar surface area (TPSA) is 40.8 Å². The maximum Gasteiger partial charge on any atom is 0.271 e. The zero-order chi connectivity index (χ0) is 16.7. The highest BCUT2D eigenvalue weighted by atomic mass is 32.1. The van der Waals surface area contributed by atoms with Crippen molar-refractivity contribution in [1.29, 1.82) is 0 Å². The molecular formula is C17H17FN4OS. The molecule has 4 rings (SSSR count). The Labute approximate surface area is 142 Å². The maximum atomic E-state index is 13.1. The highest BCUT2D eigenvalue weighted by molar-refractivity contribution is 7.15. The minimum atomic E-state index is -0.272. The molecule has 7 heteroatoms. The first kappa shape index (κ1) is 15.3. The Bertz CT molecular complexity index is 878. The fourth-order valence-corrected chi connectivity index (χ4v) is 3.72. The third-order valence-corrected chi connectivity index (χ3v) is 5.20. The quantitative estimate of drug-likeness (QED) is 0.717. The van der Waals surface area contributed by atoms with E-state index < -0.39 is 0 Å². The molecule has 3 aromatic rings. The zero-order valence-electron chi connectivity index (χ0n) is 13.3. The second-order valence-electron chi connectivity index (χ2n) is 6.00. The van der Waals surface area contributed by atoms with Gasteiger partial charge in [-0.05, 0) is 31.3 Å². The summed E-state index contributed by atoms with van der Waals surface area (Å²) in [6, 6.07) is 6.23. The summed E-state index contributed by atoms with van der Waals surface area (Å²) in [7, 11) is 2.06. The monoisotopic (exact) mass is 344 g/mol. The minimum Gasteiger partial charge on any atom is -0.335 e. The molecule has 0 bridgehead atoms. The van der Waals surface area contributed by atoms with E-state index in [0.717, 1.165) is 42.4 Å². The Morgan fingerprint density at radius 1 is 1.17 bits per heavy atom. The van der Waals surface area contributed by atoms with Gasteiger partial charge in [-0.3, -0.25) is 9.20 Å². The molecule has 0 unspecified atom stereocenters. The largest absolute Gasteiger partial charge is 0.335 e. The van der Waals surface area contributed by atoms with Crippen LogP contribution < -0.4 is 0 Å². The van der Waals surface area contributed by atoms with Crippen molar-refractivity contribution in [1.82, 2.24) is 19.2 Å². The smallest absolute Gasteiger partial charge is 0.271 e. The van der Waals surface area contributed by atoms with Crippen LogP contribution >= 0.6 is 11.3 Å². The summed E-state index contributed by atoms with van der Waals surface area (Å²) in [6.07, 6.45) is 1.85. The predicted octanol–water partition coefficient (Wildman–Crippen LogP) is 2.59. The fourth-order valence-electron chi connectivity index (χ4n) is 2.87. The Kier molecular flexibility index (Phi) is 3.82. The number of benzene rings is 1. The lowest BCUT2D eigenvalue weighted by Gasteiger charge is -2.32. The van der Waals surface area contributed by atoms with E-state index in [1.54, 1.807) is 12.1 Å². The Morgan fingerprint density at radius 2 is 1.88 bits per heavy atom. The number of hydrogen-bond acceptors (Lipinski definition) is 4. The maximum absolute atomic E-state index is 13.1. The molecule has 1 aliphatic heterocycles. The van der Waals surface area contributed by atoms with Gasteiger partial charge >= 0.3 is 0 Å². The van der Waals surface area contributed by atoms with Crippen LogP contribution in [0.4, 0.5) is 4.39 Å². The van der Waals surface area contributed by atoms with Crippen molar-refractivity contribution in [3.05, 3.63) is 47.4 Å². The summed E-state index contributed by atoms with van der Waals surface area (Å²) >= 11 is 1.45. The third-order valence-electron chi connectivity index (χ3n) is 4.36. The number of piperazine rings is 1. The number of amides is 1. The van der Waals surface area contributed by atoms with E-state index in [0.29, 0.717) is 5.69 Å². The fraction of sp³-hybridized carbons (Fsp3) is 0.294. The van der Waals surface area contributed by atoms with Gasteiger partial charge in [0.15, 0.2) is 4.96 Å².